The van der Waals surface area contributed by atoms with E-state index in [1.807, 2.05) is 11.5 Å². The van der Waals surface area contributed by atoms with Crippen molar-refractivity contribution < 1.29 is 4.74 Å². The average Bonchev–Trinajstić information content (AvgIpc) is 2.69. The highest BCUT2D eigenvalue weighted by Crippen LogP contribution is 1.94. The predicted molar refractivity (Wildman–Crippen MR) is 57.2 cm³/mol. The lowest BCUT2D eigenvalue weighted by molar-refractivity contribution is 0.140. The molecule has 0 saturated heterocycles. The van der Waals surface area contributed by atoms with Gasteiger partial charge in [0.15, 0.2) is 0 Å². The summed E-state index contributed by atoms with van der Waals surface area (Å²) in [6.45, 7) is 6.71. The van der Waals surface area contributed by atoms with Crippen LogP contribution in [0.15, 0.2) is 18.0 Å². The third kappa shape index (κ3) is 5.06. The minimum absolute atomic E-state index is 0.728. The third-order valence-electron chi connectivity index (χ3n) is 1.60. The Hall–Kier alpha value is -0.780. The summed E-state index contributed by atoms with van der Waals surface area (Å²) in [7, 11) is 0. The first-order valence-electron chi connectivity index (χ1n) is 4.59. The Balaban J connectivity index is 1.87. The predicted octanol–water partition coefficient (Wildman–Crippen LogP) is 1.22. The highest BCUT2D eigenvalue weighted by atomic mass is 32.1. The van der Waals surface area contributed by atoms with Crippen molar-refractivity contribution in [1.29, 1.82) is 0 Å². The molecule has 1 aromatic rings. The zero-order valence-corrected chi connectivity index (χ0v) is 8.92. The monoisotopic (exact) mass is 213 g/mol. The molecule has 14 heavy (non-hydrogen) atoms. The zero-order chi connectivity index (χ0) is 10.1. The molecule has 4 nitrogen and oxygen atoms in total. The van der Waals surface area contributed by atoms with Gasteiger partial charge in [0.1, 0.15) is 0 Å². The Kier molecular flexibility index (Phi) is 6.14. The van der Waals surface area contributed by atoms with Crippen molar-refractivity contribution in [2.75, 3.05) is 19.8 Å². The van der Waals surface area contributed by atoms with E-state index in [4.69, 9.17) is 4.74 Å². The van der Waals surface area contributed by atoms with E-state index in [1.165, 1.54) is 11.5 Å². The Morgan fingerprint density at radius 1 is 1.57 bits per heavy atom. The van der Waals surface area contributed by atoms with E-state index < -0.39 is 0 Å². The smallest absolute Gasteiger partial charge is 0.0893 e. The fourth-order valence-corrected chi connectivity index (χ4v) is 1.34. The average molecular weight is 213 g/mol. The van der Waals surface area contributed by atoms with Crippen LogP contribution in [0.1, 0.15) is 12.1 Å². The molecule has 1 heterocycles. The standard InChI is InChI=1S/C9H15N3OS/c1-2-3-5-13-6-4-10-7-9-8-14-12-11-9/h2,8,10H,1,3-7H2. The van der Waals surface area contributed by atoms with Crippen LogP contribution in [0.3, 0.4) is 0 Å². The molecule has 78 valence electrons. The Labute approximate surface area is 88.1 Å². The van der Waals surface area contributed by atoms with Crippen LogP contribution < -0.4 is 5.32 Å². The molecule has 1 N–H and O–H groups in total. The van der Waals surface area contributed by atoms with Gasteiger partial charge in [-0.3, -0.25) is 0 Å². The SMILES string of the molecule is C=CCCOCCNCc1csnn1. The van der Waals surface area contributed by atoms with Crippen molar-refractivity contribution in [3.8, 4) is 0 Å². The van der Waals surface area contributed by atoms with Crippen LogP contribution in [0.4, 0.5) is 0 Å². The lowest BCUT2D eigenvalue weighted by atomic mass is 10.4. The number of hydrogen-bond acceptors (Lipinski definition) is 5. The summed E-state index contributed by atoms with van der Waals surface area (Å²) >= 11 is 1.37. The molecule has 0 unspecified atom stereocenters. The number of nitrogens with zero attached hydrogens (tertiary/aromatic N) is 2. The molecule has 0 aromatic carbocycles. The lowest BCUT2D eigenvalue weighted by Gasteiger charge is -2.03. The fraction of sp³-hybridized carbons (Fsp3) is 0.556. The maximum atomic E-state index is 5.33. The van der Waals surface area contributed by atoms with Gasteiger partial charge in [-0.15, -0.1) is 11.7 Å². The lowest BCUT2D eigenvalue weighted by Crippen LogP contribution is -2.19. The van der Waals surface area contributed by atoms with Crippen LogP contribution in [0.25, 0.3) is 0 Å². The summed E-state index contributed by atoms with van der Waals surface area (Å²) in [5.41, 5.74) is 0.987. The Morgan fingerprint density at radius 2 is 2.50 bits per heavy atom. The summed E-state index contributed by atoms with van der Waals surface area (Å²) in [6, 6.07) is 0. The maximum absolute atomic E-state index is 5.33. The van der Waals surface area contributed by atoms with Gasteiger partial charge in [-0.25, -0.2) is 0 Å². The van der Waals surface area contributed by atoms with Crippen LogP contribution in [0, 0.1) is 0 Å². The first-order chi connectivity index (χ1) is 6.93. The molecule has 0 atom stereocenters. The highest BCUT2D eigenvalue weighted by molar-refractivity contribution is 7.03. The van der Waals surface area contributed by atoms with E-state index in [0.717, 1.165) is 38.4 Å². The summed E-state index contributed by atoms with van der Waals surface area (Å²) < 4.78 is 9.10. The van der Waals surface area contributed by atoms with E-state index in [0.29, 0.717) is 0 Å². The van der Waals surface area contributed by atoms with E-state index in [1.54, 1.807) is 0 Å². The minimum atomic E-state index is 0.728. The van der Waals surface area contributed by atoms with Crippen molar-refractivity contribution >= 4 is 11.5 Å². The van der Waals surface area contributed by atoms with Gasteiger partial charge in [-0.05, 0) is 18.0 Å². The molecule has 0 spiro atoms. The van der Waals surface area contributed by atoms with Crippen molar-refractivity contribution in [3.63, 3.8) is 0 Å². The second kappa shape index (κ2) is 7.61. The Morgan fingerprint density at radius 3 is 3.21 bits per heavy atom. The van der Waals surface area contributed by atoms with E-state index in [9.17, 15) is 0 Å². The van der Waals surface area contributed by atoms with Crippen LogP contribution >= 0.6 is 11.5 Å². The number of ether oxygens (including phenoxy) is 1. The largest absolute Gasteiger partial charge is 0.380 e. The van der Waals surface area contributed by atoms with E-state index in [2.05, 4.69) is 21.5 Å². The minimum Gasteiger partial charge on any atom is -0.380 e. The second-order valence-corrected chi connectivity index (χ2v) is 3.37. The highest BCUT2D eigenvalue weighted by Gasteiger charge is 1.94. The van der Waals surface area contributed by atoms with Crippen molar-refractivity contribution in [3.05, 3.63) is 23.7 Å². The quantitative estimate of drug-likeness (QED) is 0.521. The number of hydrogen-bond donors (Lipinski definition) is 1. The van der Waals surface area contributed by atoms with E-state index >= 15 is 0 Å². The van der Waals surface area contributed by atoms with Gasteiger partial charge < -0.3 is 10.1 Å². The second-order valence-electron chi connectivity index (χ2n) is 2.76. The molecule has 1 rings (SSSR count). The molecule has 0 aliphatic rings. The number of aromatic nitrogens is 2. The molecule has 0 aliphatic carbocycles. The third-order valence-corrected chi connectivity index (χ3v) is 2.15. The molecule has 0 saturated carbocycles. The topological polar surface area (TPSA) is 47.0 Å². The fourth-order valence-electron chi connectivity index (χ4n) is 0.891. The Bertz CT molecular complexity index is 238. The number of nitrogens with one attached hydrogen (secondary N) is 1. The molecule has 1 aromatic heterocycles. The van der Waals surface area contributed by atoms with Gasteiger partial charge >= 0.3 is 0 Å². The van der Waals surface area contributed by atoms with Crippen molar-refractivity contribution in [1.82, 2.24) is 14.9 Å². The van der Waals surface area contributed by atoms with Crippen LogP contribution in [0.5, 0.6) is 0 Å². The summed E-state index contributed by atoms with van der Waals surface area (Å²) in [5.74, 6) is 0. The van der Waals surface area contributed by atoms with Gasteiger partial charge in [0.25, 0.3) is 0 Å². The first kappa shape index (κ1) is 11.3. The summed E-state index contributed by atoms with van der Waals surface area (Å²) in [5, 5.41) is 9.07. The molecule has 0 fully saturated rings. The van der Waals surface area contributed by atoms with Gasteiger partial charge in [0, 0.05) is 18.5 Å². The summed E-state index contributed by atoms with van der Waals surface area (Å²) in [6.07, 6.45) is 2.77. The molecule has 0 bridgehead atoms. The van der Waals surface area contributed by atoms with Crippen molar-refractivity contribution in [2.45, 2.75) is 13.0 Å². The first-order valence-corrected chi connectivity index (χ1v) is 5.42. The molecule has 0 aliphatic heterocycles. The van der Waals surface area contributed by atoms with Gasteiger partial charge in [-0.2, -0.15) is 0 Å². The van der Waals surface area contributed by atoms with Crippen LogP contribution in [-0.2, 0) is 11.3 Å². The van der Waals surface area contributed by atoms with E-state index in [-0.39, 0.29) is 0 Å². The molecular weight excluding hydrogens is 198 g/mol. The van der Waals surface area contributed by atoms with Gasteiger partial charge in [0.05, 0.1) is 18.9 Å². The maximum Gasteiger partial charge on any atom is 0.0893 e. The molecule has 0 radical (unpaired) electrons. The molecule has 0 amide bonds. The zero-order valence-electron chi connectivity index (χ0n) is 8.11. The van der Waals surface area contributed by atoms with Crippen LogP contribution in [-0.4, -0.2) is 29.3 Å². The normalized spacial score (nSPS) is 10.3. The summed E-state index contributed by atoms with van der Waals surface area (Å²) in [4.78, 5) is 0. The molecular formula is C9H15N3OS. The van der Waals surface area contributed by atoms with Crippen molar-refractivity contribution in [2.24, 2.45) is 0 Å². The molecule has 5 heteroatoms. The number of rotatable bonds is 8. The van der Waals surface area contributed by atoms with Gasteiger partial charge in [0.2, 0.25) is 0 Å². The van der Waals surface area contributed by atoms with Gasteiger partial charge in [-0.1, -0.05) is 10.6 Å². The van der Waals surface area contributed by atoms with Crippen LogP contribution in [0.2, 0.25) is 0 Å².